The summed E-state index contributed by atoms with van der Waals surface area (Å²) in [6.45, 7) is 4.79. The maximum absolute atomic E-state index is 2.50. The van der Waals surface area contributed by atoms with Gasteiger partial charge >= 0.3 is 0 Å². The van der Waals surface area contributed by atoms with Gasteiger partial charge in [-0.15, -0.1) is 0 Å². The zero-order chi connectivity index (χ0) is 38.1. The Labute approximate surface area is 335 Å². The standard InChI is InChI=1S/C56H41N/c1-55(2)49-29-17-20-39-31-35-52(54(53(39)49)47-33-30-40(36-50(47)55)38-18-7-3-8-19-38)57(43-25-13-6-14-26-43)44-32-34-46-45-27-15-16-28-48(45)56(51(46)37-44,41-21-9-4-10-22-41)42-23-11-5-12-24-42/h3-37H,1-2H3. The monoisotopic (exact) mass is 727 g/mol. The molecule has 0 spiro atoms. The molecule has 0 unspecified atom stereocenters. The molecule has 0 amide bonds. The summed E-state index contributed by atoms with van der Waals surface area (Å²) in [4.78, 5) is 2.50. The summed E-state index contributed by atoms with van der Waals surface area (Å²) in [6.07, 6.45) is 0. The van der Waals surface area contributed by atoms with E-state index in [9.17, 15) is 0 Å². The molecular formula is C56H41N. The van der Waals surface area contributed by atoms with Crippen LogP contribution in [0.1, 0.15) is 47.2 Å². The van der Waals surface area contributed by atoms with E-state index in [2.05, 4.69) is 231 Å². The lowest BCUT2D eigenvalue weighted by Gasteiger charge is -2.38. The van der Waals surface area contributed by atoms with Crippen LogP contribution in [0.25, 0.3) is 44.2 Å². The molecule has 0 radical (unpaired) electrons. The molecule has 0 heterocycles. The Kier molecular flexibility index (Phi) is 7.50. The third kappa shape index (κ3) is 4.89. The number of fused-ring (bicyclic) bond motifs is 5. The van der Waals surface area contributed by atoms with E-state index < -0.39 is 5.41 Å². The van der Waals surface area contributed by atoms with Crippen LogP contribution >= 0.6 is 0 Å². The molecule has 11 rings (SSSR count). The van der Waals surface area contributed by atoms with E-state index in [1.165, 1.54) is 83.2 Å². The number of hydrogen-bond donors (Lipinski definition) is 0. The van der Waals surface area contributed by atoms with E-state index in [1.807, 2.05) is 0 Å². The highest BCUT2D eigenvalue weighted by molar-refractivity contribution is 6.10. The second kappa shape index (κ2) is 12.8. The van der Waals surface area contributed by atoms with Crippen molar-refractivity contribution in [2.75, 3.05) is 4.90 Å². The molecule has 0 saturated carbocycles. The van der Waals surface area contributed by atoms with E-state index >= 15 is 0 Å². The predicted octanol–water partition coefficient (Wildman–Crippen LogP) is 14.6. The molecule has 1 nitrogen and oxygen atoms in total. The van der Waals surface area contributed by atoms with Gasteiger partial charge in [0.1, 0.15) is 0 Å². The minimum Gasteiger partial charge on any atom is -0.310 e. The van der Waals surface area contributed by atoms with Crippen molar-refractivity contribution in [3.8, 4) is 33.4 Å². The lowest BCUT2D eigenvalue weighted by atomic mass is 9.67. The molecular weight excluding hydrogens is 687 g/mol. The van der Waals surface area contributed by atoms with E-state index in [-0.39, 0.29) is 5.41 Å². The number of nitrogens with zero attached hydrogens (tertiary/aromatic N) is 1. The van der Waals surface area contributed by atoms with Crippen molar-refractivity contribution in [3.63, 3.8) is 0 Å². The fraction of sp³-hybridized carbons (Fsp3) is 0.0714. The largest absolute Gasteiger partial charge is 0.310 e. The van der Waals surface area contributed by atoms with Gasteiger partial charge in [-0.05, 0) is 108 Å². The first kappa shape index (κ1) is 33.4. The molecule has 57 heavy (non-hydrogen) atoms. The van der Waals surface area contributed by atoms with E-state index in [0.717, 1.165) is 11.4 Å². The van der Waals surface area contributed by atoms with Gasteiger partial charge in [0, 0.05) is 22.4 Å². The van der Waals surface area contributed by atoms with Gasteiger partial charge in [-0.3, -0.25) is 0 Å². The fourth-order valence-electron chi connectivity index (χ4n) is 10.2. The molecule has 0 bridgehead atoms. The molecule has 1 heteroatoms. The summed E-state index contributed by atoms with van der Waals surface area (Å²) in [5.41, 5.74) is 18.2. The molecule has 270 valence electrons. The Morgan fingerprint density at radius 2 is 0.965 bits per heavy atom. The molecule has 0 N–H and O–H groups in total. The Hall–Kier alpha value is -6.96. The summed E-state index contributed by atoms with van der Waals surface area (Å²) >= 11 is 0. The summed E-state index contributed by atoms with van der Waals surface area (Å²) in [5.74, 6) is 0. The summed E-state index contributed by atoms with van der Waals surface area (Å²) in [7, 11) is 0. The fourth-order valence-corrected chi connectivity index (χ4v) is 10.2. The number of benzene rings is 9. The smallest absolute Gasteiger partial charge is 0.0714 e. The lowest BCUT2D eigenvalue weighted by Crippen LogP contribution is -2.28. The molecule has 0 aliphatic heterocycles. The highest BCUT2D eigenvalue weighted by Crippen LogP contribution is 2.59. The molecule has 0 atom stereocenters. The first-order valence-corrected chi connectivity index (χ1v) is 20.0. The van der Waals surface area contributed by atoms with E-state index in [4.69, 9.17) is 0 Å². The first-order chi connectivity index (χ1) is 28.0. The second-order valence-electron chi connectivity index (χ2n) is 16.0. The topological polar surface area (TPSA) is 3.24 Å². The van der Waals surface area contributed by atoms with Crippen molar-refractivity contribution in [2.45, 2.75) is 24.7 Å². The van der Waals surface area contributed by atoms with Gasteiger partial charge < -0.3 is 4.90 Å². The van der Waals surface area contributed by atoms with Crippen LogP contribution in [0.2, 0.25) is 0 Å². The molecule has 9 aromatic rings. The van der Waals surface area contributed by atoms with Crippen LogP contribution in [0, 0.1) is 0 Å². The maximum atomic E-state index is 2.50. The average molecular weight is 728 g/mol. The Bertz CT molecular complexity index is 2920. The minimum absolute atomic E-state index is 0.201. The minimum atomic E-state index is -0.498. The van der Waals surface area contributed by atoms with Crippen LogP contribution in [0.15, 0.2) is 212 Å². The van der Waals surface area contributed by atoms with Gasteiger partial charge in [-0.2, -0.15) is 0 Å². The predicted molar refractivity (Wildman–Crippen MR) is 239 cm³/mol. The number of anilines is 3. The molecule has 0 aromatic heterocycles. The van der Waals surface area contributed by atoms with E-state index in [1.54, 1.807) is 0 Å². The van der Waals surface area contributed by atoms with Crippen molar-refractivity contribution in [2.24, 2.45) is 0 Å². The highest BCUT2D eigenvalue weighted by atomic mass is 15.1. The summed E-state index contributed by atoms with van der Waals surface area (Å²) in [5, 5.41) is 2.60. The van der Waals surface area contributed by atoms with Crippen molar-refractivity contribution in [1.29, 1.82) is 0 Å². The van der Waals surface area contributed by atoms with Crippen LogP contribution in [0.4, 0.5) is 17.1 Å². The SMILES string of the molecule is CC1(C)c2cc(-c3ccccc3)ccc2-c2c(N(c3ccccc3)c3ccc4c(c3)C(c3ccccc3)(c3ccccc3)c3ccccc3-4)ccc3cccc1c23. The van der Waals surface area contributed by atoms with Crippen LogP contribution in [0.3, 0.4) is 0 Å². The molecule has 0 saturated heterocycles. The first-order valence-electron chi connectivity index (χ1n) is 20.0. The van der Waals surface area contributed by atoms with Crippen molar-refractivity contribution in [1.82, 2.24) is 0 Å². The summed E-state index contributed by atoms with van der Waals surface area (Å²) < 4.78 is 0. The zero-order valence-electron chi connectivity index (χ0n) is 32.2. The van der Waals surface area contributed by atoms with Gasteiger partial charge in [0.25, 0.3) is 0 Å². The van der Waals surface area contributed by atoms with E-state index in [0.29, 0.717) is 0 Å². The molecule has 2 aliphatic rings. The van der Waals surface area contributed by atoms with Crippen molar-refractivity contribution >= 4 is 27.8 Å². The third-order valence-corrected chi connectivity index (χ3v) is 12.7. The number of hydrogen-bond acceptors (Lipinski definition) is 1. The summed E-state index contributed by atoms with van der Waals surface area (Å²) in [6, 6.07) is 78.8. The second-order valence-corrected chi connectivity index (χ2v) is 16.0. The van der Waals surface area contributed by atoms with Gasteiger partial charge in [0.2, 0.25) is 0 Å². The average Bonchev–Trinajstić information content (AvgIpc) is 3.57. The van der Waals surface area contributed by atoms with Gasteiger partial charge in [0.15, 0.2) is 0 Å². The number of para-hydroxylation sites is 1. The van der Waals surface area contributed by atoms with Crippen LogP contribution < -0.4 is 4.90 Å². The Morgan fingerprint density at radius 1 is 0.368 bits per heavy atom. The highest BCUT2D eigenvalue weighted by Gasteiger charge is 2.46. The van der Waals surface area contributed by atoms with Crippen molar-refractivity contribution in [3.05, 3.63) is 246 Å². The zero-order valence-corrected chi connectivity index (χ0v) is 32.2. The van der Waals surface area contributed by atoms with Gasteiger partial charge in [-0.25, -0.2) is 0 Å². The van der Waals surface area contributed by atoms with Crippen LogP contribution in [-0.2, 0) is 10.8 Å². The normalized spacial score (nSPS) is 14.1. The van der Waals surface area contributed by atoms with Crippen LogP contribution in [0.5, 0.6) is 0 Å². The van der Waals surface area contributed by atoms with Gasteiger partial charge in [0.05, 0.1) is 11.1 Å². The molecule has 2 aliphatic carbocycles. The molecule has 9 aromatic carbocycles. The number of rotatable bonds is 6. The van der Waals surface area contributed by atoms with Gasteiger partial charge in [-0.1, -0.05) is 190 Å². The maximum Gasteiger partial charge on any atom is 0.0714 e. The Balaban J connectivity index is 1.21. The lowest BCUT2D eigenvalue weighted by molar-refractivity contribution is 0.645. The van der Waals surface area contributed by atoms with Crippen LogP contribution in [-0.4, -0.2) is 0 Å². The Morgan fingerprint density at radius 3 is 1.68 bits per heavy atom. The molecule has 0 fully saturated rings. The van der Waals surface area contributed by atoms with Crippen molar-refractivity contribution < 1.29 is 0 Å². The quantitative estimate of drug-likeness (QED) is 0.165. The third-order valence-electron chi connectivity index (χ3n) is 12.7.